The molecule has 0 bridgehead atoms. The van der Waals surface area contributed by atoms with Crippen LogP contribution in [0.2, 0.25) is 5.02 Å². The van der Waals surface area contributed by atoms with Crippen LogP contribution in [0.3, 0.4) is 0 Å². The summed E-state index contributed by atoms with van der Waals surface area (Å²) < 4.78 is 6.01. The zero-order chi connectivity index (χ0) is 18.5. The Morgan fingerprint density at radius 2 is 1.62 bits per heavy atom. The SMILES string of the molecule is Cc1ccc(COc2ccc(Cl)cc2C=Nc2cc(C)ccc2C)cc1. The molecule has 0 spiro atoms. The van der Waals surface area contributed by atoms with Crippen molar-refractivity contribution in [3.05, 3.63) is 93.5 Å². The first-order valence-corrected chi connectivity index (χ1v) is 8.98. The maximum atomic E-state index is 6.17. The molecule has 0 heterocycles. The van der Waals surface area contributed by atoms with Crippen LogP contribution in [0.15, 0.2) is 65.7 Å². The van der Waals surface area contributed by atoms with Crippen LogP contribution in [0.25, 0.3) is 0 Å². The van der Waals surface area contributed by atoms with E-state index in [-0.39, 0.29) is 0 Å². The Labute approximate surface area is 160 Å². The summed E-state index contributed by atoms with van der Waals surface area (Å²) >= 11 is 6.17. The van der Waals surface area contributed by atoms with E-state index in [1.807, 2.05) is 24.4 Å². The second-order valence-electron chi connectivity index (χ2n) is 6.50. The number of benzene rings is 3. The Balaban J connectivity index is 1.82. The standard InChI is InChI=1S/C23H22ClNO/c1-16-5-8-19(9-6-16)15-26-23-11-10-21(24)13-20(23)14-25-22-12-17(2)4-7-18(22)3/h4-14H,15H2,1-3H3. The first kappa shape index (κ1) is 18.2. The van der Waals surface area contributed by atoms with Gasteiger partial charge >= 0.3 is 0 Å². The fourth-order valence-electron chi connectivity index (χ4n) is 2.59. The average molecular weight is 364 g/mol. The molecular weight excluding hydrogens is 342 g/mol. The molecule has 3 heteroatoms. The van der Waals surface area contributed by atoms with Crippen molar-refractivity contribution in [3.63, 3.8) is 0 Å². The zero-order valence-corrected chi connectivity index (χ0v) is 16.0. The van der Waals surface area contributed by atoms with Gasteiger partial charge in [0.05, 0.1) is 5.69 Å². The molecule has 3 aromatic rings. The quantitative estimate of drug-likeness (QED) is 0.468. The Morgan fingerprint density at radius 1 is 0.885 bits per heavy atom. The minimum atomic E-state index is 0.506. The predicted octanol–water partition coefficient (Wildman–Crippen LogP) is 6.59. The summed E-state index contributed by atoms with van der Waals surface area (Å²) in [7, 11) is 0. The van der Waals surface area contributed by atoms with Gasteiger partial charge in [0.25, 0.3) is 0 Å². The molecule has 0 aliphatic rings. The normalized spacial score (nSPS) is 11.1. The molecule has 3 aromatic carbocycles. The number of aliphatic imine (C=N–C) groups is 1. The van der Waals surface area contributed by atoms with Crippen LogP contribution in [0.4, 0.5) is 5.69 Å². The molecule has 0 aliphatic carbocycles. The minimum Gasteiger partial charge on any atom is -0.488 e. The molecule has 0 fully saturated rings. The lowest BCUT2D eigenvalue weighted by atomic mass is 10.1. The molecule has 0 N–H and O–H groups in total. The highest BCUT2D eigenvalue weighted by Gasteiger charge is 2.05. The number of nitrogens with zero attached hydrogens (tertiary/aromatic N) is 1. The fraction of sp³-hybridized carbons (Fsp3) is 0.174. The number of rotatable bonds is 5. The summed E-state index contributed by atoms with van der Waals surface area (Å²) in [6.45, 7) is 6.70. The molecule has 0 aromatic heterocycles. The molecule has 0 atom stereocenters. The summed E-state index contributed by atoms with van der Waals surface area (Å²) in [5.41, 5.74) is 6.50. The highest BCUT2D eigenvalue weighted by Crippen LogP contribution is 2.25. The number of ether oxygens (including phenoxy) is 1. The van der Waals surface area contributed by atoms with Gasteiger partial charge in [-0.3, -0.25) is 4.99 Å². The largest absolute Gasteiger partial charge is 0.488 e. The Hall–Kier alpha value is -2.58. The average Bonchev–Trinajstić information content (AvgIpc) is 2.63. The van der Waals surface area contributed by atoms with Gasteiger partial charge in [0.1, 0.15) is 12.4 Å². The van der Waals surface area contributed by atoms with Crippen molar-refractivity contribution in [3.8, 4) is 5.75 Å². The van der Waals surface area contributed by atoms with E-state index in [2.05, 4.69) is 68.2 Å². The van der Waals surface area contributed by atoms with Gasteiger partial charge in [-0.25, -0.2) is 0 Å². The maximum Gasteiger partial charge on any atom is 0.128 e. The third-order valence-electron chi connectivity index (χ3n) is 4.19. The van der Waals surface area contributed by atoms with Gasteiger partial charge in [-0.05, 0) is 61.7 Å². The van der Waals surface area contributed by atoms with E-state index >= 15 is 0 Å². The first-order chi connectivity index (χ1) is 12.5. The van der Waals surface area contributed by atoms with Crippen molar-refractivity contribution in [1.82, 2.24) is 0 Å². The van der Waals surface area contributed by atoms with E-state index in [1.165, 1.54) is 11.1 Å². The molecule has 0 aliphatic heterocycles. The fourth-order valence-corrected chi connectivity index (χ4v) is 2.78. The summed E-state index contributed by atoms with van der Waals surface area (Å²) in [6.07, 6.45) is 1.82. The molecular formula is C23H22ClNO. The highest BCUT2D eigenvalue weighted by atomic mass is 35.5. The third kappa shape index (κ3) is 4.74. The topological polar surface area (TPSA) is 21.6 Å². The van der Waals surface area contributed by atoms with Gasteiger partial charge in [-0.15, -0.1) is 0 Å². The van der Waals surface area contributed by atoms with Crippen LogP contribution in [0.1, 0.15) is 27.8 Å². The van der Waals surface area contributed by atoms with Crippen molar-refractivity contribution in [1.29, 1.82) is 0 Å². The molecule has 26 heavy (non-hydrogen) atoms. The van der Waals surface area contributed by atoms with Gasteiger partial charge in [0.15, 0.2) is 0 Å². The van der Waals surface area contributed by atoms with Crippen molar-refractivity contribution >= 4 is 23.5 Å². The van der Waals surface area contributed by atoms with Gasteiger partial charge in [0, 0.05) is 16.8 Å². The molecule has 0 saturated heterocycles. The second-order valence-corrected chi connectivity index (χ2v) is 6.94. The van der Waals surface area contributed by atoms with Crippen molar-refractivity contribution < 1.29 is 4.74 Å². The van der Waals surface area contributed by atoms with Gasteiger partial charge in [-0.2, -0.15) is 0 Å². The van der Waals surface area contributed by atoms with E-state index in [4.69, 9.17) is 16.3 Å². The maximum absolute atomic E-state index is 6.17. The van der Waals surface area contributed by atoms with Crippen molar-refractivity contribution in [2.75, 3.05) is 0 Å². The highest BCUT2D eigenvalue weighted by molar-refractivity contribution is 6.30. The van der Waals surface area contributed by atoms with Gasteiger partial charge in [0.2, 0.25) is 0 Å². The summed E-state index contributed by atoms with van der Waals surface area (Å²) in [5, 5.41) is 0.662. The predicted molar refractivity (Wildman–Crippen MR) is 110 cm³/mol. The lowest BCUT2D eigenvalue weighted by molar-refractivity contribution is 0.306. The zero-order valence-electron chi connectivity index (χ0n) is 15.3. The lowest BCUT2D eigenvalue weighted by Crippen LogP contribution is -1.98. The molecule has 0 saturated carbocycles. The van der Waals surface area contributed by atoms with Crippen LogP contribution in [-0.2, 0) is 6.61 Å². The summed E-state index contributed by atoms with van der Waals surface area (Å²) in [4.78, 5) is 4.64. The Morgan fingerprint density at radius 3 is 2.38 bits per heavy atom. The molecule has 0 unspecified atom stereocenters. The van der Waals surface area contributed by atoms with Crippen molar-refractivity contribution in [2.24, 2.45) is 4.99 Å². The van der Waals surface area contributed by atoms with Crippen molar-refractivity contribution in [2.45, 2.75) is 27.4 Å². The van der Waals surface area contributed by atoms with Crippen LogP contribution in [0, 0.1) is 20.8 Å². The smallest absolute Gasteiger partial charge is 0.128 e. The number of halogens is 1. The second kappa shape index (κ2) is 8.20. The number of aryl methyl sites for hydroxylation is 3. The Bertz CT molecular complexity index is 929. The lowest BCUT2D eigenvalue weighted by Gasteiger charge is -2.10. The first-order valence-electron chi connectivity index (χ1n) is 8.60. The van der Waals surface area contributed by atoms with Crippen LogP contribution >= 0.6 is 11.6 Å². The van der Waals surface area contributed by atoms with E-state index in [9.17, 15) is 0 Å². The van der Waals surface area contributed by atoms with E-state index in [0.717, 1.165) is 28.1 Å². The van der Waals surface area contributed by atoms with Crippen LogP contribution in [-0.4, -0.2) is 6.21 Å². The monoisotopic (exact) mass is 363 g/mol. The minimum absolute atomic E-state index is 0.506. The molecule has 2 nitrogen and oxygen atoms in total. The molecule has 3 rings (SSSR count). The summed E-state index contributed by atoms with van der Waals surface area (Å²) in [6, 6.07) is 20.2. The number of hydrogen-bond acceptors (Lipinski definition) is 2. The molecule has 0 amide bonds. The molecule has 132 valence electrons. The number of hydrogen-bond donors (Lipinski definition) is 0. The van der Waals surface area contributed by atoms with Gasteiger partial charge in [-0.1, -0.05) is 53.6 Å². The van der Waals surface area contributed by atoms with Crippen LogP contribution in [0.5, 0.6) is 5.75 Å². The van der Waals surface area contributed by atoms with Crippen LogP contribution < -0.4 is 4.74 Å². The third-order valence-corrected chi connectivity index (χ3v) is 4.43. The van der Waals surface area contributed by atoms with E-state index in [0.29, 0.717) is 11.6 Å². The van der Waals surface area contributed by atoms with E-state index in [1.54, 1.807) is 0 Å². The summed E-state index contributed by atoms with van der Waals surface area (Å²) in [5.74, 6) is 0.768. The van der Waals surface area contributed by atoms with E-state index < -0.39 is 0 Å². The van der Waals surface area contributed by atoms with Gasteiger partial charge < -0.3 is 4.74 Å². The molecule has 0 radical (unpaired) electrons. The Kier molecular flexibility index (Phi) is 5.75.